The number of aliphatic imine (C=N–C) groups is 1. The topological polar surface area (TPSA) is 81.3 Å². The first-order valence-electron chi connectivity index (χ1n) is 10.1. The van der Waals surface area contributed by atoms with Crippen LogP contribution in [0.25, 0.3) is 0 Å². The molecule has 0 saturated carbocycles. The van der Waals surface area contributed by atoms with E-state index in [0.717, 1.165) is 62.0 Å². The molecule has 2 aliphatic heterocycles. The highest BCUT2D eigenvalue weighted by Gasteiger charge is 2.12. The van der Waals surface area contributed by atoms with E-state index in [2.05, 4.69) is 39.5 Å². The van der Waals surface area contributed by atoms with E-state index in [1.807, 2.05) is 18.2 Å². The molecule has 2 aromatic carbocycles. The van der Waals surface area contributed by atoms with Gasteiger partial charge in [-0.25, -0.2) is 4.99 Å². The van der Waals surface area contributed by atoms with Gasteiger partial charge in [0.25, 0.3) is 0 Å². The van der Waals surface area contributed by atoms with Gasteiger partial charge >= 0.3 is 0 Å². The van der Waals surface area contributed by atoms with Gasteiger partial charge in [-0.05, 0) is 23.3 Å². The Morgan fingerprint density at radius 1 is 0.967 bits per heavy atom. The van der Waals surface area contributed by atoms with E-state index in [-0.39, 0.29) is 24.0 Å². The molecule has 1 saturated heterocycles. The van der Waals surface area contributed by atoms with Crippen LogP contribution < -0.4 is 20.5 Å². The van der Waals surface area contributed by atoms with Crippen LogP contribution in [-0.2, 0) is 17.8 Å². The van der Waals surface area contributed by atoms with Crippen molar-refractivity contribution in [2.24, 2.45) is 10.7 Å². The molecule has 0 amide bonds. The number of ether oxygens (including phenoxy) is 3. The Morgan fingerprint density at radius 3 is 2.57 bits per heavy atom. The number of hydrogen-bond donors (Lipinski definition) is 2. The molecule has 0 bridgehead atoms. The van der Waals surface area contributed by atoms with Gasteiger partial charge in [0.2, 0.25) is 0 Å². The molecular formula is C22H29IN4O3. The second-order valence-electron chi connectivity index (χ2n) is 7.25. The van der Waals surface area contributed by atoms with Crippen molar-refractivity contribution in [3.05, 3.63) is 53.6 Å². The number of halogens is 1. The third kappa shape index (κ3) is 6.48. The summed E-state index contributed by atoms with van der Waals surface area (Å²) in [7, 11) is 0. The Hall–Kier alpha value is -2.04. The second kappa shape index (κ2) is 11.4. The Kier molecular flexibility index (Phi) is 8.59. The number of nitrogens with zero attached hydrogens (tertiary/aromatic N) is 2. The van der Waals surface area contributed by atoms with Crippen molar-refractivity contribution in [2.45, 2.75) is 19.5 Å². The van der Waals surface area contributed by atoms with Gasteiger partial charge in [-0.1, -0.05) is 24.3 Å². The third-order valence-corrected chi connectivity index (χ3v) is 4.95. The molecule has 7 nitrogen and oxygen atoms in total. The van der Waals surface area contributed by atoms with Gasteiger partial charge in [-0.15, -0.1) is 24.0 Å². The minimum atomic E-state index is 0. The lowest BCUT2D eigenvalue weighted by molar-refractivity contribution is 0.0342. The summed E-state index contributed by atoms with van der Waals surface area (Å²) in [6, 6.07) is 14.2. The third-order valence-electron chi connectivity index (χ3n) is 4.95. The Morgan fingerprint density at radius 2 is 1.73 bits per heavy atom. The maximum absolute atomic E-state index is 6.09. The quantitative estimate of drug-likeness (QED) is 0.355. The number of benzene rings is 2. The number of nitrogens with two attached hydrogens (primary N) is 1. The zero-order chi connectivity index (χ0) is 19.9. The fourth-order valence-corrected chi connectivity index (χ4v) is 3.45. The minimum Gasteiger partial charge on any atom is -0.490 e. The summed E-state index contributed by atoms with van der Waals surface area (Å²) in [5, 5.41) is 3.13. The maximum Gasteiger partial charge on any atom is 0.193 e. The number of nitrogens with one attached hydrogen (secondary N) is 1. The van der Waals surface area contributed by atoms with E-state index in [1.165, 1.54) is 5.56 Å². The van der Waals surface area contributed by atoms with Crippen molar-refractivity contribution >= 4 is 35.6 Å². The molecule has 1 fully saturated rings. The summed E-state index contributed by atoms with van der Waals surface area (Å²) in [6.07, 6.45) is 0.881. The van der Waals surface area contributed by atoms with Gasteiger partial charge in [-0.3, -0.25) is 4.90 Å². The lowest BCUT2D eigenvalue weighted by Crippen LogP contribution is -2.35. The van der Waals surface area contributed by atoms with Crippen molar-refractivity contribution in [2.75, 3.05) is 44.8 Å². The summed E-state index contributed by atoms with van der Waals surface area (Å²) < 4.78 is 16.8. The van der Waals surface area contributed by atoms with Crippen LogP contribution in [0.4, 0.5) is 5.69 Å². The van der Waals surface area contributed by atoms with E-state index in [1.54, 1.807) is 0 Å². The molecule has 0 aromatic heterocycles. The molecule has 2 heterocycles. The van der Waals surface area contributed by atoms with Gasteiger partial charge < -0.3 is 25.3 Å². The van der Waals surface area contributed by atoms with Crippen LogP contribution in [0.3, 0.4) is 0 Å². The van der Waals surface area contributed by atoms with E-state index >= 15 is 0 Å². The number of fused-ring (bicyclic) bond motifs is 1. The monoisotopic (exact) mass is 524 g/mol. The molecule has 8 heteroatoms. The molecule has 4 rings (SSSR count). The molecule has 0 aliphatic carbocycles. The second-order valence-corrected chi connectivity index (χ2v) is 7.25. The van der Waals surface area contributed by atoms with E-state index in [4.69, 9.17) is 19.9 Å². The molecule has 0 unspecified atom stereocenters. The highest BCUT2D eigenvalue weighted by Crippen LogP contribution is 2.32. The van der Waals surface area contributed by atoms with E-state index < -0.39 is 0 Å². The number of rotatable bonds is 5. The molecule has 2 aliphatic rings. The summed E-state index contributed by atoms with van der Waals surface area (Å²) in [5.74, 6) is 1.87. The number of guanidine groups is 1. The molecular weight excluding hydrogens is 495 g/mol. The van der Waals surface area contributed by atoms with Crippen molar-refractivity contribution in [1.29, 1.82) is 0 Å². The van der Waals surface area contributed by atoms with E-state index in [9.17, 15) is 0 Å². The number of morpholine rings is 1. The lowest BCUT2D eigenvalue weighted by Gasteiger charge is -2.26. The van der Waals surface area contributed by atoms with Crippen LogP contribution >= 0.6 is 24.0 Å². The van der Waals surface area contributed by atoms with Gasteiger partial charge in [0.05, 0.1) is 33.0 Å². The minimum absolute atomic E-state index is 0. The largest absolute Gasteiger partial charge is 0.490 e. The predicted octanol–water partition coefficient (Wildman–Crippen LogP) is 3.22. The standard InChI is InChI=1S/C22H28N4O3.HI/c23-22(25-19-5-6-20-21(14-19)29-10-2-9-28-20)24-15-17-3-1-4-18(13-17)16-26-7-11-27-12-8-26;/h1,3-6,13-14H,2,7-12,15-16H2,(H3,23,24,25);1H. The predicted molar refractivity (Wildman–Crippen MR) is 129 cm³/mol. The normalized spacial score (nSPS) is 17.0. The van der Waals surface area contributed by atoms with Crippen LogP contribution in [0, 0.1) is 0 Å². The summed E-state index contributed by atoms with van der Waals surface area (Å²) in [4.78, 5) is 6.89. The Balaban J connectivity index is 0.00000256. The van der Waals surface area contributed by atoms with Crippen molar-refractivity contribution in [1.82, 2.24) is 4.90 Å². The molecule has 30 heavy (non-hydrogen) atoms. The van der Waals surface area contributed by atoms with Crippen LogP contribution in [-0.4, -0.2) is 50.4 Å². The van der Waals surface area contributed by atoms with Gasteiger partial charge in [0.1, 0.15) is 0 Å². The van der Waals surface area contributed by atoms with Gasteiger partial charge in [0, 0.05) is 37.8 Å². The first-order chi connectivity index (χ1) is 14.3. The SMILES string of the molecule is I.NC(=NCc1cccc(CN2CCOCC2)c1)Nc1ccc2c(c1)OCCCO2. The highest BCUT2D eigenvalue weighted by molar-refractivity contribution is 14.0. The van der Waals surface area contributed by atoms with Crippen molar-refractivity contribution in [3.8, 4) is 11.5 Å². The Bertz CT molecular complexity index is 856. The van der Waals surface area contributed by atoms with Crippen LogP contribution in [0.2, 0.25) is 0 Å². The molecule has 0 radical (unpaired) electrons. The van der Waals surface area contributed by atoms with Crippen molar-refractivity contribution in [3.63, 3.8) is 0 Å². The number of anilines is 1. The zero-order valence-electron chi connectivity index (χ0n) is 17.0. The van der Waals surface area contributed by atoms with Gasteiger partial charge in [-0.2, -0.15) is 0 Å². The highest BCUT2D eigenvalue weighted by atomic mass is 127. The molecule has 0 atom stereocenters. The first kappa shape index (κ1) is 22.6. The van der Waals surface area contributed by atoms with Crippen LogP contribution in [0.15, 0.2) is 47.5 Å². The fraction of sp³-hybridized carbons (Fsp3) is 0.409. The average molecular weight is 524 g/mol. The van der Waals surface area contributed by atoms with E-state index in [0.29, 0.717) is 25.7 Å². The molecule has 162 valence electrons. The maximum atomic E-state index is 6.09. The molecule has 3 N–H and O–H groups in total. The van der Waals surface area contributed by atoms with Crippen LogP contribution in [0.5, 0.6) is 11.5 Å². The average Bonchev–Trinajstić information content (AvgIpc) is 2.98. The molecule has 2 aromatic rings. The summed E-state index contributed by atoms with van der Waals surface area (Å²) in [6.45, 7) is 6.38. The number of hydrogen-bond acceptors (Lipinski definition) is 5. The van der Waals surface area contributed by atoms with Gasteiger partial charge in [0.15, 0.2) is 17.5 Å². The van der Waals surface area contributed by atoms with Crippen LogP contribution in [0.1, 0.15) is 17.5 Å². The Labute approximate surface area is 194 Å². The smallest absolute Gasteiger partial charge is 0.193 e. The first-order valence-corrected chi connectivity index (χ1v) is 10.1. The lowest BCUT2D eigenvalue weighted by atomic mass is 10.1. The zero-order valence-corrected chi connectivity index (χ0v) is 19.3. The summed E-state index contributed by atoms with van der Waals surface area (Å²) in [5.41, 5.74) is 9.35. The summed E-state index contributed by atoms with van der Waals surface area (Å²) >= 11 is 0. The molecule has 0 spiro atoms. The fourth-order valence-electron chi connectivity index (χ4n) is 3.45. The van der Waals surface area contributed by atoms with Crippen molar-refractivity contribution < 1.29 is 14.2 Å².